The first-order valence-electron chi connectivity index (χ1n) is 6.60. The van der Waals surface area contributed by atoms with Crippen molar-refractivity contribution in [2.75, 3.05) is 38.8 Å². The summed E-state index contributed by atoms with van der Waals surface area (Å²) in [6, 6.07) is 0. The molecule has 0 bridgehead atoms. The Morgan fingerprint density at radius 2 is 1.84 bits per heavy atom. The Balaban J connectivity index is 3.01. The Bertz CT molecular complexity index is 424. The first-order valence-corrected chi connectivity index (χ1v) is 7.58. The fourth-order valence-corrected chi connectivity index (χ4v) is 2.65. The minimum Gasteiger partial charge on any atom is -0.373 e. The number of rotatable bonds is 5. The molecule has 108 valence electrons. The lowest BCUT2D eigenvalue weighted by Crippen LogP contribution is -2.19. The predicted octanol–water partition coefficient (Wildman–Crippen LogP) is 2.78. The van der Waals surface area contributed by atoms with Gasteiger partial charge in [0.05, 0.1) is 0 Å². The summed E-state index contributed by atoms with van der Waals surface area (Å²) in [4.78, 5) is 11.5. The maximum absolute atomic E-state index is 4.74. The molecule has 1 aromatic heterocycles. The van der Waals surface area contributed by atoms with Gasteiger partial charge in [0.25, 0.3) is 0 Å². The van der Waals surface area contributed by atoms with Gasteiger partial charge in [0.2, 0.25) is 0 Å². The van der Waals surface area contributed by atoms with E-state index in [-0.39, 0.29) is 5.41 Å². The van der Waals surface area contributed by atoms with Gasteiger partial charge in [0.15, 0.2) is 0 Å². The third-order valence-electron chi connectivity index (χ3n) is 2.79. The Morgan fingerprint density at radius 1 is 1.21 bits per heavy atom. The van der Waals surface area contributed by atoms with Gasteiger partial charge >= 0.3 is 0 Å². The van der Waals surface area contributed by atoms with E-state index in [1.165, 1.54) is 0 Å². The molecule has 1 rings (SSSR count). The van der Waals surface area contributed by atoms with Crippen LogP contribution in [0.4, 0.5) is 5.82 Å². The number of aromatic nitrogens is 2. The van der Waals surface area contributed by atoms with Crippen LogP contribution in [0.1, 0.15) is 32.2 Å². The Morgan fingerprint density at radius 3 is 2.32 bits per heavy atom. The molecule has 19 heavy (non-hydrogen) atoms. The summed E-state index contributed by atoms with van der Waals surface area (Å²) in [5, 5.41) is 4.26. The van der Waals surface area contributed by atoms with Gasteiger partial charge in [0, 0.05) is 30.3 Å². The molecule has 0 aromatic carbocycles. The zero-order chi connectivity index (χ0) is 14.6. The van der Waals surface area contributed by atoms with Crippen molar-refractivity contribution in [1.82, 2.24) is 14.9 Å². The maximum Gasteiger partial charge on any atom is 0.137 e. The van der Waals surface area contributed by atoms with Crippen LogP contribution in [0.3, 0.4) is 0 Å². The van der Waals surface area contributed by atoms with Gasteiger partial charge in [0.1, 0.15) is 16.7 Å². The highest BCUT2D eigenvalue weighted by Crippen LogP contribution is 2.28. The monoisotopic (exact) mass is 282 g/mol. The van der Waals surface area contributed by atoms with E-state index in [0.717, 1.165) is 34.5 Å². The van der Waals surface area contributed by atoms with E-state index in [0.29, 0.717) is 0 Å². The quantitative estimate of drug-likeness (QED) is 0.664. The fraction of sp³-hybridized carbons (Fsp3) is 0.714. The van der Waals surface area contributed by atoms with E-state index in [9.17, 15) is 0 Å². The summed E-state index contributed by atoms with van der Waals surface area (Å²) in [6.45, 7) is 9.56. The minimum atomic E-state index is -0.0316. The third kappa shape index (κ3) is 4.66. The van der Waals surface area contributed by atoms with Crippen LogP contribution in [0.25, 0.3) is 0 Å². The Hall–Kier alpha value is -0.810. The van der Waals surface area contributed by atoms with Crippen molar-refractivity contribution in [2.24, 2.45) is 0 Å². The third-order valence-corrected chi connectivity index (χ3v) is 3.84. The van der Waals surface area contributed by atoms with Crippen LogP contribution in [-0.2, 0) is 5.41 Å². The average molecular weight is 282 g/mol. The maximum atomic E-state index is 4.74. The minimum absolute atomic E-state index is 0.0316. The van der Waals surface area contributed by atoms with Crippen LogP contribution >= 0.6 is 11.8 Å². The first-order chi connectivity index (χ1) is 8.75. The molecule has 0 unspecified atom stereocenters. The van der Waals surface area contributed by atoms with Gasteiger partial charge < -0.3 is 10.2 Å². The largest absolute Gasteiger partial charge is 0.373 e. The second kappa shape index (κ2) is 6.57. The van der Waals surface area contributed by atoms with Crippen LogP contribution in [0.2, 0.25) is 0 Å². The molecule has 0 aliphatic carbocycles. The number of nitrogens with zero attached hydrogens (tertiary/aromatic N) is 3. The van der Waals surface area contributed by atoms with Gasteiger partial charge in [-0.05, 0) is 21.0 Å². The van der Waals surface area contributed by atoms with E-state index in [4.69, 9.17) is 4.98 Å². The molecule has 0 amide bonds. The molecular weight excluding hydrogens is 256 g/mol. The normalized spacial score (nSPS) is 12.0. The van der Waals surface area contributed by atoms with E-state index in [1.54, 1.807) is 11.8 Å². The average Bonchev–Trinajstić information content (AvgIpc) is 2.29. The van der Waals surface area contributed by atoms with Crippen LogP contribution < -0.4 is 5.32 Å². The van der Waals surface area contributed by atoms with Gasteiger partial charge in [-0.1, -0.05) is 20.8 Å². The predicted molar refractivity (Wildman–Crippen MR) is 84.3 cm³/mol. The summed E-state index contributed by atoms with van der Waals surface area (Å²) in [6.07, 6.45) is 0. The molecule has 5 heteroatoms. The zero-order valence-electron chi connectivity index (χ0n) is 13.2. The molecule has 0 aliphatic rings. The molecule has 0 spiro atoms. The van der Waals surface area contributed by atoms with Gasteiger partial charge in [-0.25, -0.2) is 9.97 Å². The molecular formula is C14H26N4S. The highest BCUT2D eigenvalue weighted by atomic mass is 32.2. The fourth-order valence-electron chi connectivity index (χ4n) is 1.54. The zero-order valence-corrected chi connectivity index (χ0v) is 14.0. The molecule has 0 radical (unpaired) electrons. The number of hydrogen-bond acceptors (Lipinski definition) is 5. The van der Waals surface area contributed by atoms with Crippen molar-refractivity contribution >= 4 is 17.6 Å². The molecule has 4 nitrogen and oxygen atoms in total. The standard InChI is InChI=1S/C14H26N4S/c1-10-11(15-5)16-13(14(2,3)4)17-12(10)19-9-8-18(6)7/h8-9H2,1-7H3,(H,15,16,17). The molecule has 0 saturated carbocycles. The molecule has 1 heterocycles. The van der Waals surface area contributed by atoms with Crippen LogP contribution in [0, 0.1) is 6.92 Å². The van der Waals surface area contributed by atoms with E-state index in [2.05, 4.69) is 57.0 Å². The van der Waals surface area contributed by atoms with Gasteiger partial charge in [-0.2, -0.15) is 0 Å². The molecule has 1 aromatic rings. The second-order valence-corrected chi connectivity index (χ2v) is 7.06. The van der Waals surface area contributed by atoms with Crippen LogP contribution in [0.5, 0.6) is 0 Å². The number of anilines is 1. The lowest BCUT2D eigenvalue weighted by molar-refractivity contribution is 0.437. The van der Waals surface area contributed by atoms with Crippen molar-refractivity contribution in [3.05, 3.63) is 11.4 Å². The molecule has 1 N–H and O–H groups in total. The van der Waals surface area contributed by atoms with Crippen molar-refractivity contribution < 1.29 is 0 Å². The molecule has 0 atom stereocenters. The van der Waals surface area contributed by atoms with Gasteiger partial charge in [-0.15, -0.1) is 11.8 Å². The van der Waals surface area contributed by atoms with Crippen LogP contribution in [0.15, 0.2) is 5.03 Å². The van der Waals surface area contributed by atoms with E-state index in [1.807, 2.05) is 7.05 Å². The van der Waals surface area contributed by atoms with E-state index < -0.39 is 0 Å². The Kier molecular flexibility index (Phi) is 5.62. The lowest BCUT2D eigenvalue weighted by atomic mass is 9.95. The summed E-state index contributed by atoms with van der Waals surface area (Å²) < 4.78 is 0. The van der Waals surface area contributed by atoms with Crippen LogP contribution in [-0.4, -0.2) is 48.3 Å². The first kappa shape index (κ1) is 16.2. The van der Waals surface area contributed by atoms with Crippen molar-refractivity contribution in [3.8, 4) is 0 Å². The van der Waals surface area contributed by atoms with Crippen molar-refractivity contribution in [2.45, 2.75) is 38.1 Å². The molecule has 0 fully saturated rings. The summed E-state index contributed by atoms with van der Waals surface area (Å²) in [5.41, 5.74) is 1.11. The SMILES string of the molecule is CNc1nc(C(C)(C)C)nc(SCCN(C)C)c1C. The summed E-state index contributed by atoms with van der Waals surface area (Å²) in [5.74, 6) is 2.87. The smallest absolute Gasteiger partial charge is 0.137 e. The van der Waals surface area contributed by atoms with Crippen molar-refractivity contribution in [1.29, 1.82) is 0 Å². The topological polar surface area (TPSA) is 41.1 Å². The second-order valence-electron chi connectivity index (χ2n) is 5.98. The highest BCUT2D eigenvalue weighted by Gasteiger charge is 2.20. The van der Waals surface area contributed by atoms with Crippen molar-refractivity contribution in [3.63, 3.8) is 0 Å². The van der Waals surface area contributed by atoms with Gasteiger partial charge in [-0.3, -0.25) is 0 Å². The Labute approximate surface area is 121 Å². The summed E-state index contributed by atoms with van der Waals surface area (Å²) >= 11 is 1.80. The number of hydrogen-bond donors (Lipinski definition) is 1. The molecule has 0 saturated heterocycles. The number of thioether (sulfide) groups is 1. The number of nitrogens with one attached hydrogen (secondary N) is 1. The highest BCUT2D eigenvalue weighted by molar-refractivity contribution is 7.99. The summed E-state index contributed by atoms with van der Waals surface area (Å²) in [7, 11) is 6.09. The lowest BCUT2D eigenvalue weighted by Gasteiger charge is -2.20. The molecule has 0 aliphatic heterocycles. The van der Waals surface area contributed by atoms with E-state index >= 15 is 0 Å².